The number of halogens is 1. The third-order valence-electron chi connectivity index (χ3n) is 8.57. The summed E-state index contributed by atoms with van der Waals surface area (Å²) in [6.45, 7) is 9.92. The molecule has 2 aliphatic heterocycles. The Balaban J connectivity index is 0.00000342. The summed E-state index contributed by atoms with van der Waals surface area (Å²) in [5.41, 5.74) is 2.03. The number of likely N-dealkylation sites (tertiary alicyclic amines) is 1. The fraction of sp³-hybridized carbons (Fsp3) is 0.724. The van der Waals surface area contributed by atoms with E-state index in [0.29, 0.717) is 18.4 Å². The average molecular weight is 504 g/mol. The molecular weight excluding hydrogens is 458 g/mol. The minimum Gasteiger partial charge on any atom is -0.342 e. The number of amides is 2. The fourth-order valence-corrected chi connectivity index (χ4v) is 6.28. The van der Waals surface area contributed by atoms with Crippen LogP contribution in [0.2, 0.25) is 0 Å². The Kier molecular flexibility index (Phi) is 10.1. The number of piperazine rings is 1. The zero-order valence-electron chi connectivity index (χ0n) is 22.1. The highest BCUT2D eigenvalue weighted by Gasteiger charge is 2.53. The first-order valence-electron chi connectivity index (χ1n) is 13.9. The summed E-state index contributed by atoms with van der Waals surface area (Å²) in [6.07, 6.45) is 10.5. The van der Waals surface area contributed by atoms with Crippen molar-refractivity contribution < 1.29 is 9.59 Å². The summed E-state index contributed by atoms with van der Waals surface area (Å²) in [5.74, 6) is 1.40. The van der Waals surface area contributed by atoms with Crippen molar-refractivity contribution in [1.82, 2.24) is 15.1 Å². The zero-order valence-corrected chi connectivity index (χ0v) is 22.9. The van der Waals surface area contributed by atoms with Crippen LogP contribution >= 0.6 is 12.4 Å². The standard InChI is InChI=1S/C29H45N3O2.ClH/c1-4-5-17-32-27(33)26(20-23-9-7-6-8-10-23)30-28(34)29(32)15-18-31(19-16-29)21-24-11-13-25(14-12-24)22(2)3;/h11-14,22-23,26H,4-10,15-21H2,1-3H3,(H,30,34);1H/t26-;/m0./s1. The van der Waals surface area contributed by atoms with Crippen LogP contribution in [0.1, 0.15) is 102 Å². The third-order valence-corrected chi connectivity index (χ3v) is 8.57. The molecule has 2 amide bonds. The number of benzene rings is 1. The van der Waals surface area contributed by atoms with Crippen molar-refractivity contribution in [3.8, 4) is 0 Å². The molecule has 3 fully saturated rings. The molecule has 2 saturated heterocycles. The van der Waals surface area contributed by atoms with E-state index in [9.17, 15) is 9.59 Å². The van der Waals surface area contributed by atoms with Crippen LogP contribution in [0.25, 0.3) is 0 Å². The minimum absolute atomic E-state index is 0. The van der Waals surface area contributed by atoms with Crippen molar-refractivity contribution in [1.29, 1.82) is 0 Å². The van der Waals surface area contributed by atoms with Crippen molar-refractivity contribution in [2.45, 2.75) is 109 Å². The number of unbranched alkanes of at least 4 members (excludes halogenated alkanes) is 1. The van der Waals surface area contributed by atoms with Gasteiger partial charge in [0.1, 0.15) is 11.6 Å². The molecule has 0 unspecified atom stereocenters. The largest absolute Gasteiger partial charge is 0.342 e. The number of nitrogens with one attached hydrogen (secondary N) is 1. The monoisotopic (exact) mass is 503 g/mol. The van der Waals surface area contributed by atoms with Gasteiger partial charge in [-0.05, 0) is 48.6 Å². The first-order valence-corrected chi connectivity index (χ1v) is 13.9. The molecule has 1 aromatic rings. The van der Waals surface area contributed by atoms with Crippen LogP contribution in [0.5, 0.6) is 0 Å². The van der Waals surface area contributed by atoms with E-state index < -0.39 is 5.54 Å². The highest BCUT2D eigenvalue weighted by atomic mass is 35.5. The molecule has 1 saturated carbocycles. The lowest BCUT2D eigenvalue weighted by Crippen LogP contribution is -2.73. The van der Waals surface area contributed by atoms with Crippen LogP contribution in [0.3, 0.4) is 0 Å². The normalized spacial score (nSPS) is 23.4. The van der Waals surface area contributed by atoms with Crippen molar-refractivity contribution in [3.63, 3.8) is 0 Å². The molecule has 1 N–H and O–H groups in total. The van der Waals surface area contributed by atoms with Gasteiger partial charge < -0.3 is 10.2 Å². The fourth-order valence-electron chi connectivity index (χ4n) is 6.28. The lowest BCUT2D eigenvalue weighted by atomic mass is 9.79. The molecule has 0 bridgehead atoms. The molecule has 0 aromatic heterocycles. The van der Waals surface area contributed by atoms with E-state index in [1.807, 2.05) is 4.90 Å². The molecule has 0 radical (unpaired) electrons. The summed E-state index contributed by atoms with van der Waals surface area (Å²) in [6, 6.07) is 8.62. The van der Waals surface area contributed by atoms with Crippen LogP contribution in [-0.4, -0.2) is 52.8 Å². The van der Waals surface area contributed by atoms with Gasteiger partial charge in [-0.1, -0.05) is 83.6 Å². The number of carbonyl (C=O) groups excluding carboxylic acids is 2. The van der Waals surface area contributed by atoms with Gasteiger partial charge in [0.15, 0.2) is 0 Å². The maximum absolute atomic E-state index is 13.7. The van der Waals surface area contributed by atoms with E-state index >= 15 is 0 Å². The molecular formula is C29H46ClN3O2. The highest BCUT2D eigenvalue weighted by molar-refractivity contribution is 6.00. The Bertz CT molecular complexity index is 827. The van der Waals surface area contributed by atoms with Gasteiger partial charge in [-0.3, -0.25) is 14.5 Å². The second kappa shape index (κ2) is 12.6. The van der Waals surface area contributed by atoms with Gasteiger partial charge in [0, 0.05) is 26.2 Å². The molecule has 5 nitrogen and oxygen atoms in total. The van der Waals surface area contributed by atoms with Gasteiger partial charge in [0.2, 0.25) is 11.8 Å². The molecule has 1 aromatic carbocycles. The van der Waals surface area contributed by atoms with E-state index in [1.54, 1.807) is 0 Å². The second-order valence-corrected chi connectivity index (χ2v) is 11.3. The van der Waals surface area contributed by atoms with Gasteiger partial charge in [0.05, 0.1) is 0 Å². The van der Waals surface area contributed by atoms with E-state index in [1.165, 1.54) is 43.2 Å². The quantitative estimate of drug-likeness (QED) is 0.497. The predicted molar refractivity (Wildman–Crippen MR) is 145 cm³/mol. The molecule has 3 aliphatic rings. The third kappa shape index (κ3) is 6.40. The van der Waals surface area contributed by atoms with Crippen LogP contribution in [0, 0.1) is 5.92 Å². The maximum Gasteiger partial charge on any atom is 0.246 e. The molecule has 35 heavy (non-hydrogen) atoms. The number of carbonyl (C=O) groups is 2. The van der Waals surface area contributed by atoms with Crippen LogP contribution in [0.4, 0.5) is 0 Å². The highest BCUT2D eigenvalue weighted by Crippen LogP contribution is 2.36. The maximum atomic E-state index is 13.7. The van der Waals surface area contributed by atoms with E-state index in [-0.39, 0.29) is 30.3 Å². The lowest BCUT2D eigenvalue weighted by Gasteiger charge is -2.52. The van der Waals surface area contributed by atoms with Crippen molar-refractivity contribution in [3.05, 3.63) is 35.4 Å². The van der Waals surface area contributed by atoms with Gasteiger partial charge in [-0.2, -0.15) is 0 Å². The summed E-state index contributed by atoms with van der Waals surface area (Å²) < 4.78 is 0. The van der Waals surface area contributed by atoms with Gasteiger partial charge >= 0.3 is 0 Å². The van der Waals surface area contributed by atoms with Gasteiger partial charge in [-0.15, -0.1) is 12.4 Å². The Morgan fingerprint density at radius 3 is 2.29 bits per heavy atom. The van der Waals surface area contributed by atoms with E-state index in [2.05, 4.69) is 55.3 Å². The van der Waals surface area contributed by atoms with Crippen molar-refractivity contribution in [2.24, 2.45) is 5.92 Å². The number of rotatable bonds is 8. The van der Waals surface area contributed by atoms with E-state index in [4.69, 9.17) is 0 Å². The molecule has 6 heteroatoms. The smallest absolute Gasteiger partial charge is 0.246 e. The first kappa shape index (κ1) is 28.0. The van der Waals surface area contributed by atoms with Gasteiger partial charge in [-0.25, -0.2) is 0 Å². The van der Waals surface area contributed by atoms with E-state index in [0.717, 1.165) is 51.7 Å². The molecule has 1 spiro atoms. The zero-order chi connectivity index (χ0) is 24.1. The van der Waals surface area contributed by atoms with Gasteiger partial charge in [0.25, 0.3) is 0 Å². The summed E-state index contributed by atoms with van der Waals surface area (Å²) in [5, 5.41) is 3.21. The summed E-state index contributed by atoms with van der Waals surface area (Å²) >= 11 is 0. The lowest BCUT2D eigenvalue weighted by molar-refractivity contribution is -0.162. The summed E-state index contributed by atoms with van der Waals surface area (Å²) in [4.78, 5) is 31.7. The van der Waals surface area contributed by atoms with Crippen molar-refractivity contribution in [2.75, 3.05) is 19.6 Å². The number of nitrogens with zero attached hydrogens (tertiary/aromatic N) is 2. The first-order chi connectivity index (χ1) is 16.4. The number of hydrogen-bond acceptors (Lipinski definition) is 3. The van der Waals surface area contributed by atoms with Crippen LogP contribution < -0.4 is 5.32 Å². The number of piperidine rings is 1. The topological polar surface area (TPSA) is 52.7 Å². The minimum atomic E-state index is -0.659. The molecule has 1 atom stereocenters. The molecule has 1 aliphatic carbocycles. The molecule has 2 heterocycles. The Hall–Kier alpha value is -1.59. The Morgan fingerprint density at radius 2 is 1.69 bits per heavy atom. The average Bonchev–Trinajstić information content (AvgIpc) is 2.85. The molecule has 196 valence electrons. The predicted octanol–water partition coefficient (Wildman–Crippen LogP) is 5.66. The Morgan fingerprint density at radius 1 is 1.03 bits per heavy atom. The Labute approximate surface area is 218 Å². The summed E-state index contributed by atoms with van der Waals surface area (Å²) in [7, 11) is 0. The number of hydrogen-bond donors (Lipinski definition) is 1. The SMILES string of the molecule is CCCCN1C(=O)[C@H](CC2CCCCC2)NC(=O)C12CCN(Cc1ccc(C(C)C)cc1)CC2.Cl. The molecule has 4 rings (SSSR count). The van der Waals surface area contributed by atoms with Crippen molar-refractivity contribution >= 4 is 24.2 Å². The van der Waals surface area contributed by atoms with Crippen LogP contribution in [-0.2, 0) is 16.1 Å². The second-order valence-electron chi connectivity index (χ2n) is 11.3. The van der Waals surface area contributed by atoms with Crippen LogP contribution in [0.15, 0.2) is 24.3 Å².